The number of alkyl halides is 3. The summed E-state index contributed by atoms with van der Waals surface area (Å²) in [5.41, 5.74) is -1.82. The van der Waals surface area contributed by atoms with E-state index in [1.165, 1.54) is 12.1 Å². The van der Waals surface area contributed by atoms with Crippen molar-refractivity contribution in [1.82, 2.24) is 5.32 Å². The van der Waals surface area contributed by atoms with Crippen LogP contribution in [-0.4, -0.2) is 26.5 Å². The van der Waals surface area contributed by atoms with Crippen LogP contribution in [0.4, 0.5) is 18.9 Å². The molecule has 0 aliphatic carbocycles. The van der Waals surface area contributed by atoms with Crippen molar-refractivity contribution in [1.29, 1.82) is 5.26 Å². The molecule has 0 spiro atoms. The Bertz CT molecular complexity index is 1430. The smallest absolute Gasteiger partial charge is 0.348 e. The van der Waals surface area contributed by atoms with Crippen LogP contribution < -0.4 is 10.6 Å². The molecule has 35 heavy (non-hydrogen) atoms. The van der Waals surface area contributed by atoms with E-state index >= 15 is 0 Å². The number of anilines is 1. The molecule has 0 radical (unpaired) electrons. The second-order valence-corrected chi connectivity index (χ2v) is 9.46. The van der Waals surface area contributed by atoms with Gasteiger partial charge in [-0.3, -0.25) is 9.59 Å². The molecule has 0 saturated heterocycles. The van der Waals surface area contributed by atoms with Gasteiger partial charge in [-0.2, -0.15) is 18.4 Å². The second-order valence-electron chi connectivity index (χ2n) is 7.48. The van der Waals surface area contributed by atoms with Crippen LogP contribution >= 0.6 is 0 Å². The number of sulfone groups is 1. The van der Waals surface area contributed by atoms with Gasteiger partial charge in [-0.25, -0.2) is 8.42 Å². The molecule has 7 nitrogen and oxygen atoms in total. The number of carbonyl (C=O) groups is 2. The maximum atomic E-state index is 13.2. The van der Waals surface area contributed by atoms with Crippen LogP contribution in [0.3, 0.4) is 0 Å². The number of benzene rings is 3. The number of halogens is 3. The molecule has 0 bridgehead atoms. The average molecular weight is 501 g/mol. The zero-order valence-electron chi connectivity index (χ0n) is 18.2. The fourth-order valence-electron chi connectivity index (χ4n) is 3.20. The Hall–Kier alpha value is -4.17. The molecule has 3 rings (SSSR count). The van der Waals surface area contributed by atoms with Gasteiger partial charge in [0, 0.05) is 24.1 Å². The zero-order chi connectivity index (χ0) is 25.8. The van der Waals surface area contributed by atoms with Gasteiger partial charge >= 0.3 is 6.18 Å². The summed E-state index contributed by atoms with van der Waals surface area (Å²) >= 11 is 0. The lowest BCUT2D eigenvalue weighted by molar-refractivity contribution is -0.137. The fourth-order valence-corrected chi connectivity index (χ4v) is 4.07. The first kappa shape index (κ1) is 25.5. The molecule has 2 N–H and O–H groups in total. The van der Waals surface area contributed by atoms with Crippen LogP contribution in [0.25, 0.3) is 0 Å². The molecule has 180 valence electrons. The van der Waals surface area contributed by atoms with Gasteiger partial charge in [-0.05, 0) is 42.0 Å². The average Bonchev–Trinajstić information content (AvgIpc) is 2.81. The third-order valence-corrected chi connectivity index (χ3v) is 6.04. The van der Waals surface area contributed by atoms with Crippen molar-refractivity contribution in [2.45, 2.75) is 17.6 Å². The lowest BCUT2D eigenvalue weighted by atomic mass is 10.1. The summed E-state index contributed by atoms with van der Waals surface area (Å²) in [6, 6.07) is 16.3. The Morgan fingerprint density at radius 1 is 0.971 bits per heavy atom. The summed E-state index contributed by atoms with van der Waals surface area (Å²) in [6.45, 7) is 0.181. The van der Waals surface area contributed by atoms with Gasteiger partial charge in [-0.1, -0.05) is 30.3 Å². The highest BCUT2D eigenvalue weighted by atomic mass is 32.2. The van der Waals surface area contributed by atoms with Crippen molar-refractivity contribution in [3.8, 4) is 6.07 Å². The van der Waals surface area contributed by atoms with Crippen LogP contribution in [0.2, 0.25) is 0 Å². The maximum Gasteiger partial charge on any atom is 0.417 e. The molecule has 0 aromatic heterocycles. The molecule has 3 aromatic rings. The molecule has 0 heterocycles. The SMILES string of the molecule is CS(=O)(=O)c1ccc(C(=O)NCc2ccccc2)cc1C(=O)Nc1ccc(C#N)c(C(F)(F)F)c1. The summed E-state index contributed by atoms with van der Waals surface area (Å²) in [5, 5.41) is 13.8. The maximum absolute atomic E-state index is 13.2. The molecular formula is C24H18F3N3O4S. The standard InChI is InChI=1S/C24H18F3N3O4S/c1-35(33,34)21-10-8-16(22(31)29-14-15-5-3-2-4-6-15)11-19(21)23(32)30-18-9-7-17(13-28)20(12-18)24(25,26)27/h2-12H,14H2,1H3,(H,29,31)(H,30,32). The van der Waals surface area contributed by atoms with E-state index in [9.17, 15) is 31.2 Å². The topological polar surface area (TPSA) is 116 Å². The van der Waals surface area contributed by atoms with Gasteiger partial charge in [0.05, 0.1) is 27.7 Å². The first-order valence-electron chi connectivity index (χ1n) is 9.99. The summed E-state index contributed by atoms with van der Waals surface area (Å²) < 4.78 is 64.1. The van der Waals surface area contributed by atoms with Gasteiger partial charge in [0.1, 0.15) is 0 Å². The van der Waals surface area contributed by atoms with Crippen molar-refractivity contribution in [3.05, 3.63) is 94.5 Å². The lowest BCUT2D eigenvalue weighted by Crippen LogP contribution is -2.24. The Balaban J connectivity index is 1.93. The first-order chi connectivity index (χ1) is 16.4. The number of nitrogens with zero attached hydrogens (tertiary/aromatic N) is 1. The van der Waals surface area contributed by atoms with E-state index in [-0.39, 0.29) is 17.8 Å². The molecule has 0 atom stereocenters. The number of nitriles is 1. The van der Waals surface area contributed by atoms with Gasteiger partial charge in [-0.15, -0.1) is 0 Å². The quantitative estimate of drug-likeness (QED) is 0.526. The van der Waals surface area contributed by atoms with Crippen molar-refractivity contribution in [2.75, 3.05) is 11.6 Å². The molecular weight excluding hydrogens is 483 g/mol. The number of amides is 2. The fraction of sp³-hybridized carbons (Fsp3) is 0.125. The molecule has 0 saturated carbocycles. The minimum absolute atomic E-state index is 0.0192. The molecule has 3 aromatic carbocycles. The molecule has 0 aliphatic rings. The first-order valence-corrected chi connectivity index (χ1v) is 11.9. The number of hydrogen-bond donors (Lipinski definition) is 2. The highest BCUT2D eigenvalue weighted by Gasteiger charge is 2.34. The monoisotopic (exact) mass is 501 g/mol. The number of carbonyl (C=O) groups excluding carboxylic acids is 2. The highest BCUT2D eigenvalue weighted by molar-refractivity contribution is 7.90. The van der Waals surface area contributed by atoms with E-state index in [1.54, 1.807) is 24.3 Å². The van der Waals surface area contributed by atoms with Crippen LogP contribution in [0.5, 0.6) is 0 Å². The summed E-state index contributed by atoms with van der Waals surface area (Å²) in [6.07, 6.45) is -3.99. The van der Waals surface area contributed by atoms with Crippen LogP contribution in [0.15, 0.2) is 71.6 Å². The summed E-state index contributed by atoms with van der Waals surface area (Å²) in [4.78, 5) is 25.1. The Morgan fingerprint density at radius 2 is 1.66 bits per heavy atom. The third kappa shape index (κ3) is 6.24. The van der Waals surface area contributed by atoms with E-state index in [0.29, 0.717) is 6.07 Å². The largest absolute Gasteiger partial charge is 0.417 e. The zero-order valence-corrected chi connectivity index (χ0v) is 19.0. The molecule has 0 fully saturated rings. The predicted octanol–water partition coefficient (Wildman–Crippen LogP) is 4.16. The van der Waals surface area contributed by atoms with E-state index in [0.717, 1.165) is 36.1 Å². The van der Waals surface area contributed by atoms with Crippen LogP contribution in [0.1, 0.15) is 37.4 Å². The van der Waals surface area contributed by atoms with E-state index in [2.05, 4.69) is 10.6 Å². The Labute approximate surface area is 199 Å². The normalized spacial score (nSPS) is 11.4. The van der Waals surface area contributed by atoms with Gasteiger partial charge in [0.15, 0.2) is 9.84 Å². The molecule has 11 heteroatoms. The molecule has 0 aliphatic heterocycles. The van der Waals surface area contributed by atoms with Crippen molar-refractivity contribution in [3.63, 3.8) is 0 Å². The van der Waals surface area contributed by atoms with Gasteiger partial charge in [0.2, 0.25) is 0 Å². The van der Waals surface area contributed by atoms with E-state index in [4.69, 9.17) is 5.26 Å². The minimum atomic E-state index is -4.85. The summed E-state index contributed by atoms with van der Waals surface area (Å²) in [7, 11) is -3.93. The van der Waals surface area contributed by atoms with Crippen LogP contribution in [-0.2, 0) is 22.6 Å². The summed E-state index contributed by atoms with van der Waals surface area (Å²) in [5.74, 6) is -1.62. The van der Waals surface area contributed by atoms with Crippen molar-refractivity contribution >= 4 is 27.3 Å². The van der Waals surface area contributed by atoms with Gasteiger partial charge < -0.3 is 10.6 Å². The number of hydrogen-bond acceptors (Lipinski definition) is 5. The van der Waals surface area contributed by atoms with Crippen molar-refractivity contribution < 1.29 is 31.2 Å². The number of rotatable bonds is 6. The Morgan fingerprint density at radius 3 is 2.26 bits per heavy atom. The molecule has 2 amide bonds. The van der Waals surface area contributed by atoms with E-state index in [1.807, 2.05) is 6.07 Å². The van der Waals surface area contributed by atoms with Crippen LogP contribution in [0, 0.1) is 11.3 Å². The molecule has 0 unspecified atom stereocenters. The van der Waals surface area contributed by atoms with Crippen molar-refractivity contribution in [2.24, 2.45) is 0 Å². The van der Waals surface area contributed by atoms with Gasteiger partial charge in [0.25, 0.3) is 11.8 Å². The highest BCUT2D eigenvalue weighted by Crippen LogP contribution is 2.33. The predicted molar refractivity (Wildman–Crippen MR) is 121 cm³/mol. The minimum Gasteiger partial charge on any atom is -0.348 e. The second kappa shape index (κ2) is 9.99. The third-order valence-electron chi connectivity index (χ3n) is 4.89. The lowest BCUT2D eigenvalue weighted by Gasteiger charge is -2.14. The Kier molecular flexibility index (Phi) is 7.26. The van der Waals surface area contributed by atoms with E-state index < -0.39 is 49.4 Å². The number of nitrogens with one attached hydrogen (secondary N) is 2.